The van der Waals surface area contributed by atoms with Crippen LogP contribution in [0.4, 0.5) is 5.82 Å². The van der Waals surface area contributed by atoms with Crippen molar-refractivity contribution < 1.29 is 4.74 Å². The SMILES string of the molecule is COC1CCN(c2nc3c(Br)cc(Cl)cc3c(C#N)c2C)CC1. The van der Waals surface area contributed by atoms with E-state index < -0.39 is 0 Å². The second-order valence-electron chi connectivity index (χ2n) is 5.75. The maximum Gasteiger partial charge on any atom is 0.133 e. The Bertz CT molecular complexity index is 795. The molecule has 0 radical (unpaired) electrons. The van der Waals surface area contributed by atoms with Crippen LogP contribution in [-0.2, 0) is 4.74 Å². The number of rotatable bonds is 2. The minimum Gasteiger partial charge on any atom is -0.381 e. The fourth-order valence-electron chi connectivity index (χ4n) is 3.13. The third-order valence-corrected chi connectivity index (χ3v) is 5.23. The van der Waals surface area contributed by atoms with E-state index in [2.05, 4.69) is 26.9 Å². The van der Waals surface area contributed by atoms with E-state index in [1.807, 2.05) is 13.0 Å². The average molecular weight is 395 g/mol. The van der Waals surface area contributed by atoms with Crippen molar-refractivity contribution >= 4 is 44.3 Å². The van der Waals surface area contributed by atoms with Crippen molar-refractivity contribution in [3.05, 3.63) is 32.8 Å². The van der Waals surface area contributed by atoms with E-state index in [1.54, 1.807) is 13.2 Å². The molecule has 23 heavy (non-hydrogen) atoms. The fourth-order valence-corrected chi connectivity index (χ4v) is 4.03. The van der Waals surface area contributed by atoms with Gasteiger partial charge in [0.2, 0.25) is 0 Å². The summed E-state index contributed by atoms with van der Waals surface area (Å²) in [5, 5.41) is 11.0. The molecule has 0 saturated carbocycles. The second kappa shape index (κ2) is 6.64. The Balaban J connectivity index is 2.12. The summed E-state index contributed by atoms with van der Waals surface area (Å²) >= 11 is 9.65. The van der Waals surface area contributed by atoms with E-state index in [0.29, 0.717) is 16.7 Å². The Kier molecular flexibility index (Phi) is 4.77. The maximum atomic E-state index is 9.63. The lowest BCUT2D eigenvalue weighted by Crippen LogP contribution is -2.37. The summed E-state index contributed by atoms with van der Waals surface area (Å²) in [6, 6.07) is 5.94. The average Bonchev–Trinajstić information content (AvgIpc) is 2.54. The van der Waals surface area contributed by atoms with Crippen LogP contribution in [0.5, 0.6) is 0 Å². The summed E-state index contributed by atoms with van der Waals surface area (Å²) in [6.07, 6.45) is 2.26. The zero-order valence-corrected chi connectivity index (χ0v) is 15.4. The standard InChI is InChI=1S/C17H17BrClN3O/c1-10-14(9-20)13-7-11(19)8-15(18)16(13)21-17(10)22-5-3-12(23-2)4-6-22/h7-8,12H,3-6H2,1-2H3. The van der Waals surface area contributed by atoms with Crippen LogP contribution < -0.4 is 4.90 Å². The molecule has 1 saturated heterocycles. The number of halogens is 2. The normalized spacial score (nSPS) is 15.9. The lowest BCUT2D eigenvalue weighted by Gasteiger charge is -2.33. The molecule has 1 aromatic heterocycles. The molecule has 0 amide bonds. The molecule has 2 heterocycles. The van der Waals surface area contributed by atoms with Crippen LogP contribution in [0, 0.1) is 18.3 Å². The van der Waals surface area contributed by atoms with Crippen molar-refractivity contribution in [2.75, 3.05) is 25.1 Å². The summed E-state index contributed by atoms with van der Waals surface area (Å²) in [5.74, 6) is 0.881. The van der Waals surface area contributed by atoms with Crippen molar-refractivity contribution in [3.8, 4) is 6.07 Å². The molecular formula is C17H17BrClN3O. The predicted molar refractivity (Wildman–Crippen MR) is 96.1 cm³/mol. The lowest BCUT2D eigenvalue weighted by molar-refractivity contribution is 0.0818. The molecule has 0 N–H and O–H groups in total. The highest BCUT2D eigenvalue weighted by atomic mass is 79.9. The van der Waals surface area contributed by atoms with Crippen LogP contribution in [0.15, 0.2) is 16.6 Å². The van der Waals surface area contributed by atoms with Crippen molar-refractivity contribution in [1.82, 2.24) is 4.98 Å². The van der Waals surface area contributed by atoms with Crippen molar-refractivity contribution in [2.45, 2.75) is 25.9 Å². The molecule has 4 nitrogen and oxygen atoms in total. The van der Waals surface area contributed by atoms with Gasteiger partial charge in [0.05, 0.1) is 17.2 Å². The fraction of sp³-hybridized carbons (Fsp3) is 0.412. The Hall–Kier alpha value is -1.35. The zero-order valence-electron chi connectivity index (χ0n) is 13.1. The third kappa shape index (κ3) is 3.03. The Morgan fingerprint density at radius 3 is 2.70 bits per heavy atom. The predicted octanol–water partition coefficient (Wildman–Crippen LogP) is 4.45. The van der Waals surface area contributed by atoms with Gasteiger partial charge in [-0.3, -0.25) is 0 Å². The topological polar surface area (TPSA) is 49.1 Å². The largest absolute Gasteiger partial charge is 0.381 e. The van der Waals surface area contributed by atoms with Gasteiger partial charge in [-0.15, -0.1) is 0 Å². The van der Waals surface area contributed by atoms with Gasteiger partial charge < -0.3 is 9.64 Å². The number of fused-ring (bicyclic) bond motifs is 1. The number of hydrogen-bond donors (Lipinski definition) is 0. The van der Waals surface area contributed by atoms with E-state index >= 15 is 0 Å². The molecule has 1 aliphatic heterocycles. The summed E-state index contributed by atoms with van der Waals surface area (Å²) in [6.45, 7) is 3.72. The van der Waals surface area contributed by atoms with E-state index in [4.69, 9.17) is 21.3 Å². The van der Waals surface area contributed by atoms with Crippen LogP contribution >= 0.6 is 27.5 Å². The van der Waals surface area contributed by atoms with Gasteiger partial charge in [0, 0.05) is 40.6 Å². The minimum atomic E-state index is 0.313. The monoisotopic (exact) mass is 393 g/mol. The van der Waals surface area contributed by atoms with Gasteiger partial charge in [-0.1, -0.05) is 11.6 Å². The maximum absolute atomic E-state index is 9.63. The first-order valence-electron chi connectivity index (χ1n) is 7.52. The van der Waals surface area contributed by atoms with Crippen LogP contribution in [0.1, 0.15) is 24.0 Å². The van der Waals surface area contributed by atoms with Gasteiger partial charge >= 0.3 is 0 Å². The Morgan fingerprint density at radius 1 is 1.39 bits per heavy atom. The smallest absolute Gasteiger partial charge is 0.133 e. The van der Waals surface area contributed by atoms with Gasteiger partial charge in [0.25, 0.3) is 0 Å². The highest BCUT2D eigenvalue weighted by Crippen LogP contribution is 2.35. The number of ether oxygens (including phenoxy) is 1. The molecule has 2 aromatic rings. The number of nitrogens with zero attached hydrogens (tertiary/aromatic N) is 3. The minimum absolute atomic E-state index is 0.313. The molecule has 0 spiro atoms. The third-order valence-electron chi connectivity index (χ3n) is 4.41. The van der Waals surface area contributed by atoms with Crippen LogP contribution in [-0.4, -0.2) is 31.3 Å². The van der Waals surface area contributed by atoms with Crippen molar-refractivity contribution in [2.24, 2.45) is 0 Å². The van der Waals surface area contributed by atoms with Crippen LogP contribution in [0.3, 0.4) is 0 Å². The molecule has 0 bridgehead atoms. The summed E-state index contributed by atoms with van der Waals surface area (Å²) < 4.78 is 6.24. The molecule has 0 atom stereocenters. The van der Waals surface area contributed by atoms with Gasteiger partial charge in [0.15, 0.2) is 0 Å². The number of hydrogen-bond acceptors (Lipinski definition) is 4. The number of piperidine rings is 1. The number of benzene rings is 1. The first-order chi connectivity index (χ1) is 11.0. The molecule has 1 fully saturated rings. The van der Waals surface area contributed by atoms with Gasteiger partial charge in [0.1, 0.15) is 11.9 Å². The molecule has 1 aliphatic rings. The van der Waals surface area contributed by atoms with Crippen LogP contribution in [0.2, 0.25) is 5.02 Å². The van der Waals surface area contributed by atoms with E-state index in [0.717, 1.165) is 52.7 Å². The Morgan fingerprint density at radius 2 is 2.09 bits per heavy atom. The lowest BCUT2D eigenvalue weighted by atomic mass is 10.0. The molecule has 0 aliphatic carbocycles. The van der Waals surface area contributed by atoms with Crippen molar-refractivity contribution in [3.63, 3.8) is 0 Å². The first kappa shape index (κ1) is 16.5. The number of anilines is 1. The van der Waals surface area contributed by atoms with E-state index in [-0.39, 0.29) is 0 Å². The van der Waals surface area contributed by atoms with Gasteiger partial charge in [-0.2, -0.15) is 5.26 Å². The molecular weight excluding hydrogens is 378 g/mol. The molecule has 120 valence electrons. The highest BCUT2D eigenvalue weighted by Gasteiger charge is 2.23. The van der Waals surface area contributed by atoms with E-state index in [1.165, 1.54) is 0 Å². The summed E-state index contributed by atoms with van der Waals surface area (Å²) in [7, 11) is 1.76. The van der Waals surface area contributed by atoms with Crippen LogP contribution in [0.25, 0.3) is 10.9 Å². The van der Waals surface area contributed by atoms with Crippen molar-refractivity contribution in [1.29, 1.82) is 5.26 Å². The summed E-state index contributed by atoms with van der Waals surface area (Å²) in [5.41, 5.74) is 2.33. The molecule has 6 heteroatoms. The first-order valence-corrected chi connectivity index (χ1v) is 8.69. The van der Waals surface area contributed by atoms with Gasteiger partial charge in [-0.25, -0.2) is 4.98 Å². The number of methoxy groups -OCH3 is 1. The van der Waals surface area contributed by atoms with E-state index in [9.17, 15) is 5.26 Å². The molecule has 3 rings (SSSR count). The Labute approximate surface area is 149 Å². The number of aromatic nitrogens is 1. The zero-order chi connectivity index (χ0) is 16.6. The quantitative estimate of drug-likeness (QED) is 0.755. The summed E-state index contributed by atoms with van der Waals surface area (Å²) in [4.78, 5) is 7.07. The molecule has 0 unspecified atom stereocenters. The van der Waals surface area contributed by atoms with Gasteiger partial charge in [-0.05, 0) is 47.8 Å². The number of pyridine rings is 1. The second-order valence-corrected chi connectivity index (χ2v) is 7.04. The molecule has 1 aromatic carbocycles. The number of nitriles is 1. The highest BCUT2D eigenvalue weighted by molar-refractivity contribution is 9.10.